The van der Waals surface area contributed by atoms with Gasteiger partial charge in [0.05, 0.1) is 0 Å². The first-order valence-electron chi connectivity index (χ1n) is 3.60. The van der Waals surface area contributed by atoms with Gasteiger partial charge in [-0.3, -0.25) is 0 Å². The molecule has 1 rings (SSSR count). The van der Waals surface area contributed by atoms with Gasteiger partial charge < -0.3 is 19.7 Å². The zero-order chi connectivity index (χ0) is 9.14. The van der Waals surface area contributed by atoms with Crippen LogP contribution in [-0.4, -0.2) is 36.1 Å². The smallest absolute Gasteiger partial charge is 0.169 e. The molecule has 0 radical (unpaired) electrons. The van der Waals surface area contributed by atoms with E-state index in [9.17, 15) is 10.2 Å². The third-order valence-corrected chi connectivity index (χ3v) is 1.72. The first kappa shape index (κ1) is 9.09. The highest BCUT2D eigenvalue weighted by Gasteiger charge is 2.29. The summed E-state index contributed by atoms with van der Waals surface area (Å²) in [7, 11) is 1.47. The fraction of sp³-hybridized carbons (Fsp3) is 0.500. The Labute approximate surface area is 70.7 Å². The summed E-state index contributed by atoms with van der Waals surface area (Å²) in [4.78, 5) is 0. The van der Waals surface area contributed by atoms with Crippen LogP contribution < -0.4 is 0 Å². The molecule has 2 N–H and O–H groups in total. The standard InChI is InChI=1S/C8H12O4/c1-3-5(9)8-7(10)6(11-2)4-12-8/h3,5-6,9-10H,1,4H2,2H3/t5-,6?/m1/s1. The van der Waals surface area contributed by atoms with Crippen LogP contribution in [0.25, 0.3) is 0 Å². The zero-order valence-corrected chi connectivity index (χ0v) is 6.86. The van der Waals surface area contributed by atoms with Crippen LogP contribution in [0.3, 0.4) is 0 Å². The highest BCUT2D eigenvalue weighted by Crippen LogP contribution is 2.22. The van der Waals surface area contributed by atoms with Crippen molar-refractivity contribution in [3.63, 3.8) is 0 Å². The second-order valence-corrected chi connectivity index (χ2v) is 2.47. The SMILES string of the molecule is C=C[C@@H](O)C1=C(O)C(OC)CO1. The molecule has 0 aromatic carbocycles. The molecule has 0 fully saturated rings. The van der Waals surface area contributed by atoms with E-state index in [-0.39, 0.29) is 18.1 Å². The molecule has 4 heteroatoms. The van der Waals surface area contributed by atoms with E-state index in [1.807, 2.05) is 0 Å². The van der Waals surface area contributed by atoms with Crippen molar-refractivity contribution in [3.05, 3.63) is 24.2 Å². The Balaban J connectivity index is 2.76. The Morgan fingerprint density at radius 1 is 1.83 bits per heavy atom. The maximum absolute atomic E-state index is 9.37. The van der Waals surface area contributed by atoms with Crippen LogP contribution in [0.15, 0.2) is 24.2 Å². The lowest BCUT2D eigenvalue weighted by Gasteiger charge is -2.05. The monoisotopic (exact) mass is 172 g/mol. The largest absolute Gasteiger partial charge is 0.506 e. The molecule has 4 nitrogen and oxygen atoms in total. The van der Waals surface area contributed by atoms with Gasteiger partial charge in [-0.05, 0) is 0 Å². The first-order valence-corrected chi connectivity index (χ1v) is 3.60. The second-order valence-electron chi connectivity index (χ2n) is 2.47. The van der Waals surface area contributed by atoms with Crippen LogP contribution in [0.4, 0.5) is 0 Å². The minimum Gasteiger partial charge on any atom is -0.506 e. The lowest BCUT2D eigenvalue weighted by Crippen LogP contribution is -2.13. The van der Waals surface area contributed by atoms with Gasteiger partial charge in [-0.25, -0.2) is 0 Å². The van der Waals surface area contributed by atoms with E-state index < -0.39 is 12.2 Å². The molecule has 0 aliphatic carbocycles. The van der Waals surface area contributed by atoms with E-state index in [0.717, 1.165) is 0 Å². The Hall–Kier alpha value is -1.00. The van der Waals surface area contributed by atoms with Gasteiger partial charge >= 0.3 is 0 Å². The summed E-state index contributed by atoms with van der Waals surface area (Å²) in [5.41, 5.74) is 0. The number of ether oxygens (including phenoxy) is 2. The van der Waals surface area contributed by atoms with E-state index in [1.54, 1.807) is 0 Å². The van der Waals surface area contributed by atoms with Gasteiger partial charge in [0.1, 0.15) is 12.7 Å². The minimum atomic E-state index is -0.954. The average molecular weight is 172 g/mol. The van der Waals surface area contributed by atoms with E-state index in [4.69, 9.17) is 9.47 Å². The molecule has 0 saturated carbocycles. The summed E-state index contributed by atoms with van der Waals surface area (Å²) < 4.78 is 9.87. The Morgan fingerprint density at radius 3 is 2.92 bits per heavy atom. The molecule has 0 spiro atoms. The number of hydrogen-bond acceptors (Lipinski definition) is 4. The van der Waals surface area contributed by atoms with Crippen molar-refractivity contribution >= 4 is 0 Å². The zero-order valence-electron chi connectivity index (χ0n) is 6.86. The Morgan fingerprint density at radius 2 is 2.50 bits per heavy atom. The fourth-order valence-corrected chi connectivity index (χ4v) is 1.00. The van der Waals surface area contributed by atoms with Gasteiger partial charge in [0.2, 0.25) is 0 Å². The van der Waals surface area contributed by atoms with E-state index in [2.05, 4.69) is 6.58 Å². The summed E-state index contributed by atoms with van der Waals surface area (Å²) >= 11 is 0. The molecule has 1 aliphatic rings. The van der Waals surface area contributed by atoms with Gasteiger partial charge in [-0.1, -0.05) is 6.08 Å². The van der Waals surface area contributed by atoms with Crippen LogP contribution in [0, 0.1) is 0 Å². The van der Waals surface area contributed by atoms with Gasteiger partial charge in [-0.15, -0.1) is 6.58 Å². The van der Waals surface area contributed by atoms with Crippen molar-refractivity contribution in [2.24, 2.45) is 0 Å². The highest BCUT2D eigenvalue weighted by molar-refractivity contribution is 5.18. The maximum Gasteiger partial charge on any atom is 0.169 e. The van der Waals surface area contributed by atoms with Crippen molar-refractivity contribution in [2.45, 2.75) is 12.2 Å². The fourth-order valence-electron chi connectivity index (χ4n) is 1.00. The van der Waals surface area contributed by atoms with Crippen molar-refractivity contribution in [1.82, 2.24) is 0 Å². The van der Waals surface area contributed by atoms with E-state index in [0.29, 0.717) is 0 Å². The summed E-state index contributed by atoms with van der Waals surface area (Å²) in [6.07, 6.45) is -0.136. The van der Waals surface area contributed by atoms with Gasteiger partial charge in [0, 0.05) is 7.11 Å². The maximum atomic E-state index is 9.37. The highest BCUT2D eigenvalue weighted by atomic mass is 16.6. The number of methoxy groups -OCH3 is 1. The summed E-state index contributed by atoms with van der Waals surface area (Å²) in [5, 5.41) is 18.6. The van der Waals surface area contributed by atoms with Crippen LogP contribution in [-0.2, 0) is 9.47 Å². The van der Waals surface area contributed by atoms with Gasteiger partial charge in [0.15, 0.2) is 17.6 Å². The lowest BCUT2D eigenvalue weighted by molar-refractivity contribution is 0.0633. The third kappa shape index (κ3) is 1.44. The summed E-state index contributed by atoms with van der Waals surface area (Å²) in [6.45, 7) is 3.61. The number of aliphatic hydroxyl groups excluding tert-OH is 2. The Bertz CT molecular complexity index is 209. The Kier molecular flexibility index (Phi) is 2.73. The molecule has 0 amide bonds. The van der Waals surface area contributed by atoms with Crippen molar-refractivity contribution < 1.29 is 19.7 Å². The van der Waals surface area contributed by atoms with Crippen LogP contribution >= 0.6 is 0 Å². The molecule has 0 saturated heterocycles. The average Bonchev–Trinajstić information content (AvgIpc) is 2.45. The normalized spacial score (nSPS) is 25.3. The molecule has 1 heterocycles. The molecule has 2 atom stereocenters. The molecular weight excluding hydrogens is 160 g/mol. The number of aliphatic hydroxyl groups is 2. The molecule has 1 aliphatic heterocycles. The predicted molar refractivity (Wildman–Crippen MR) is 42.6 cm³/mol. The molecular formula is C8H12O4. The molecule has 1 unspecified atom stereocenters. The second kappa shape index (κ2) is 3.60. The van der Waals surface area contributed by atoms with E-state index in [1.165, 1.54) is 13.2 Å². The quantitative estimate of drug-likeness (QED) is 0.603. The predicted octanol–water partition coefficient (Wildman–Crippen LogP) is 0.348. The topological polar surface area (TPSA) is 58.9 Å². The molecule has 12 heavy (non-hydrogen) atoms. The number of hydrogen-bond donors (Lipinski definition) is 2. The van der Waals surface area contributed by atoms with Gasteiger partial charge in [0.25, 0.3) is 0 Å². The minimum absolute atomic E-state index is 0.0510. The van der Waals surface area contributed by atoms with Crippen molar-refractivity contribution in [2.75, 3.05) is 13.7 Å². The molecule has 0 aromatic heterocycles. The molecule has 0 bridgehead atoms. The summed E-state index contributed by atoms with van der Waals surface area (Å²) in [6, 6.07) is 0. The van der Waals surface area contributed by atoms with Crippen LogP contribution in [0.2, 0.25) is 0 Å². The molecule has 68 valence electrons. The van der Waals surface area contributed by atoms with Crippen molar-refractivity contribution in [3.8, 4) is 0 Å². The lowest BCUT2D eigenvalue weighted by atomic mass is 10.2. The van der Waals surface area contributed by atoms with Crippen molar-refractivity contribution in [1.29, 1.82) is 0 Å². The first-order chi connectivity index (χ1) is 5.70. The summed E-state index contributed by atoms with van der Waals surface area (Å²) in [5.74, 6) is 0.0850. The van der Waals surface area contributed by atoms with Crippen LogP contribution in [0.1, 0.15) is 0 Å². The van der Waals surface area contributed by atoms with Crippen LogP contribution in [0.5, 0.6) is 0 Å². The third-order valence-electron chi connectivity index (χ3n) is 1.72. The van der Waals surface area contributed by atoms with Gasteiger partial charge in [-0.2, -0.15) is 0 Å². The number of rotatable bonds is 3. The molecule has 0 aromatic rings. The van der Waals surface area contributed by atoms with E-state index >= 15 is 0 Å².